The average Bonchev–Trinajstić information content (AvgIpc) is 2.53. The number of benzene rings is 2. The first kappa shape index (κ1) is 14.6. The van der Waals surface area contributed by atoms with Gasteiger partial charge in [-0.2, -0.15) is 0 Å². The first-order chi connectivity index (χ1) is 10.6. The van der Waals surface area contributed by atoms with Crippen LogP contribution < -0.4 is 9.64 Å². The van der Waals surface area contributed by atoms with Gasteiger partial charge in [-0.25, -0.2) is 0 Å². The molecule has 1 aliphatic heterocycles. The highest BCUT2D eigenvalue weighted by atomic mass is 16.5. The van der Waals surface area contributed by atoms with Gasteiger partial charge in [0, 0.05) is 0 Å². The van der Waals surface area contributed by atoms with Crippen molar-refractivity contribution in [1.29, 1.82) is 0 Å². The summed E-state index contributed by atoms with van der Waals surface area (Å²) in [5.74, 6) is 0.597. The first-order valence-corrected chi connectivity index (χ1v) is 7.36. The predicted molar refractivity (Wildman–Crippen MR) is 84.8 cm³/mol. The maximum atomic E-state index is 12.5. The SMILES string of the molecule is Cc1ccccc1CN1C(=O)C(C)Oc2cc(CO)ccc21. The number of nitrogens with zero attached hydrogens (tertiary/aromatic N) is 1. The smallest absolute Gasteiger partial charge is 0.268 e. The van der Waals surface area contributed by atoms with Gasteiger partial charge >= 0.3 is 0 Å². The van der Waals surface area contributed by atoms with Crippen LogP contribution in [-0.2, 0) is 17.9 Å². The van der Waals surface area contributed by atoms with Crippen LogP contribution in [0, 0.1) is 6.92 Å². The Bertz CT molecular complexity index is 711. The molecule has 3 rings (SSSR count). The van der Waals surface area contributed by atoms with E-state index in [2.05, 4.69) is 0 Å². The minimum atomic E-state index is -0.523. The molecular formula is C18H19NO3. The van der Waals surface area contributed by atoms with Gasteiger partial charge in [0.15, 0.2) is 6.10 Å². The van der Waals surface area contributed by atoms with Crippen molar-refractivity contribution in [2.24, 2.45) is 0 Å². The second-order valence-electron chi connectivity index (χ2n) is 5.57. The van der Waals surface area contributed by atoms with Crippen LogP contribution in [0.2, 0.25) is 0 Å². The minimum Gasteiger partial charge on any atom is -0.479 e. The fourth-order valence-electron chi connectivity index (χ4n) is 2.67. The molecule has 1 amide bonds. The molecule has 1 atom stereocenters. The molecule has 2 aromatic carbocycles. The zero-order valence-electron chi connectivity index (χ0n) is 12.7. The van der Waals surface area contributed by atoms with Crippen LogP contribution in [0.25, 0.3) is 0 Å². The zero-order chi connectivity index (χ0) is 15.7. The van der Waals surface area contributed by atoms with Crippen LogP contribution in [0.3, 0.4) is 0 Å². The van der Waals surface area contributed by atoms with Gasteiger partial charge in [0.25, 0.3) is 5.91 Å². The van der Waals surface area contributed by atoms with Crippen molar-refractivity contribution >= 4 is 11.6 Å². The molecule has 1 aliphatic rings. The van der Waals surface area contributed by atoms with Crippen LogP contribution in [-0.4, -0.2) is 17.1 Å². The third-order valence-electron chi connectivity index (χ3n) is 4.00. The fraction of sp³-hybridized carbons (Fsp3) is 0.278. The molecule has 0 fully saturated rings. The first-order valence-electron chi connectivity index (χ1n) is 7.36. The van der Waals surface area contributed by atoms with Crippen molar-refractivity contribution in [1.82, 2.24) is 0 Å². The Kier molecular flexibility index (Phi) is 3.86. The molecule has 4 nitrogen and oxygen atoms in total. The number of ether oxygens (including phenoxy) is 1. The summed E-state index contributed by atoms with van der Waals surface area (Å²) >= 11 is 0. The molecule has 22 heavy (non-hydrogen) atoms. The molecule has 1 unspecified atom stereocenters. The predicted octanol–water partition coefficient (Wildman–Crippen LogP) is 2.80. The summed E-state index contributed by atoms with van der Waals surface area (Å²) in [7, 11) is 0. The number of aliphatic hydroxyl groups excluding tert-OH is 1. The highest BCUT2D eigenvalue weighted by Crippen LogP contribution is 2.36. The molecule has 0 saturated carbocycles. The molecule has 1 N–H and O–H groups in total. The van der Waals surface area contributed by atoms with Crippen molar-refractivity contribution in [2.75, 3.05) is 4.90 Å². The number of aryl methyl sites for hydroxylation is 1. The van der Waals surface area contributed by atoms with Gasteiger partial charge in [0.1, 0.15) is 5.75 Å². The number of carbonyl (C=O) groups is 1. The zero-order valence-corrected chi connectivity index (χ0v) is 12.7. The second-order valence-corrected chi connectivity index (χ2v) is 5.57. The Labute approximate surface area is 130 Å². The molecule has 4 heteroatoms. The van der Waals surface area contributed by atoms with Crippen molar-refractivity contribution < 1.29 is 14.6 Å². The van der Waals surface area contributed by atoms with Crippen LogP contribution in [0.5, 0.6) is 5.75 Å². The van der Waals surface area contributed by atoms with E-state index in [1.54, 1.807) is 17.9 Å². The summed E-state index contributed by atoms with van der Waals surface area (Å²) in [5.41, 5.74) is 3.80. The number of rotatable bonds is 3. The van der Waals surface area contributed by atoms with Crippen LogP contribution in [0.1, 0.15) is 23.6 Å². The molecule has 0 saturated heterocycles. The lowest BCUT2D eigenvalue weighted by Crippen LogP contribution is -2.44. The number of amides is 1. The van der Waals surface area contributed by atoms with Gasteiger partial charge in [-0.3, -0.25) is 4.79 Å². The van der Waals surface area contributed by atoms with Gasteiger partial charge in [-0.1, -0.05) is 30.3 Å². The molecule has 0 radical (unpaired) electrons. The number of carbonyl (C=O) groups excluding carboxylic acids is 1. The number of anilines is 1. The van der Waals surface area contributed by atoms with E-state index in [1.807, 2.05) is 43.3 Å². The lowest BCUT2D eigenvalue weighted by Gasteiger charge is -2.33. The average molecular weight is 297 g/mol. The lowest BCUT2D eigenvalue weighted by atomic mass is 10.1. The van der Waals surface area contributed by atoms with Crippen LogP contribution >= 0.6 is 0 Å². The monoisotopic (exact) mass is 297 g/mol. The second kappa shape index (κ2) is 5.81. The summed E-state index contributed by atoms with van der Waals surface area (Å²) in [6, 6.07) is 13.5. The number of fused-ring (bicyclic) bond motifs is 1. The highest BCUT2D eigenvalue weighted by Gasteiger charge is 2.31. The molecule has 1 heterocycles. The van der Waals surface area contributed by atoms with E-state index in [0.717, 1.165) is 22.4 Å². The Hall–Kier alpha value is -2.33. The van der Waals surface area contributed by atoms with Crippen molar-refractivity contribution in [3.8, 4) is 5.75 Å². The highest BCUT2D eigenvalue weighted by molar-refractivity contribution is 5.99. The largest absolute Gasteiger partial charge is 0.479 e. The van der Waals surface area contributed by atoms with Crippen LogP contribution in [0.4, 0.5) is 5.69 Å². The Balaban J connectivity index is 2.00. The van der Waals surface area contributed by atoms with Gasteiger partial charge in [0.05, 0.1) is 18.8 Å². The van der Waals surface area contributed by atoms with Gasteiger partial charge in [-0.05, 0) is 42.7 Å². The van der Waals surface area contributed by atoms with E-state index in [0.29, 0.717) is 12.3 Å². The van der Waals surface area contributed by atoms with E-state index < -0.39 is 6.10 Å². The fourth-order valence-corrected chi connectivity index (χ4v) is 2.67. The molecular weight excluding hydrogens is 278 g/mol. The minimum absolute atomic E-state index is 0.0449. The summed E-state index contributed by atoms with van der Waals surface area (Å²) in [6.45, 7) is 4.27. The van der Waals surface area contributed by atoms with Crippen molar-refractivity contribution in [3.63, 3.8) is 0 Å². The molecule has 0 bridgehead atoms. The Morgan fingerprint density at radius 3 is 2.73 bits per heavy atom. The quantitative estimate of drug-likeness (QED) is 0.947. The van der Waals surface area contributed by atoms with E-state index >= 15 is 0 Å². The van der Waals surface area contributed by atoms with Crippen molar-refractivity contribution in [3.05, 3.63) is 59.2 Å². The van der Waals surface area contributed by atoms with E-state index in [-0.39, 0.29) is 12.5 Å². The van der Waals surface area contributed by atoms with Crippen LogP contribution in [0.15, 0.2) is 42.5 Å². The molecule has 2 aromatic rings. The summed E-state index contributed by atoms with van der Waals surface area (Å²) in [4.78, 5) is 14.3. The third-order valence-corrected chi connectivity index (χ3v) is 4.00. The maximum Gasteiger partial charge on any atom is 0.268 e. The molecule has 114 valence electrons. The van der Waals surface area contributed by atoms with Gasteiger partial charge < -0.3 is 14.7 Å². The summed E-state index contributed by atoms with van der Waals surface area (Å²) < 4.78 is 5.68. The normalized spacial score (nSPS) is 17.1. The summed E-state index contributed by atoms with van der Waals surface area (Å²) in [5, 5.41) is 9.26. The number of hydrogen-bond donors (Lipinski definition) is 1. The molecule has 0 aromatic heterocycles. The molecule has 0 spiro atoms. The number of aliphatic hydroxyl groups is 1. The van der Waals surface area contributed by atoms with Gasteiger partial charge in [-0.15, -0.1) is 0 Å². The Morgan fingerprint density at radius 2 is 2.00 bits per heavy atom. The van der Waals surface area contributed by atoms with Gasteiger partial charge in [0.2, 0.25) is 0 Å². The maximum absolute atomic E-state index is 12.5. The number of hydrogen-bond acceptors (Lipinski definition) is 3. The lowest BCUT2D eigenvalue weighted by molar-refractivity contribution is -0.125. The standard InChI is InChI=1S/C18H19NO3/c1-12-5-3-4-6-15(12)10-19-16-8-7-14(11-20)9-17(16)22-13(2)18(19)21/h3-9,13,20H,10-11H2,1-2H3. The van der Waals surface area contributed by atoms with Crippen molar-refractivity contribution in [2.45, 2.75) is 33.1 Å². The topological polar surface area (TPSA) is 49.8 Å². The third kappa shape index (κ3) is 2.57. The van der Waals surface area contributed by atoms with E-state index in [9.17, 15) is 9.90 Å². The van der Waals surface area contributed by atoms with E-state index in [1.165, 1.54) is 0 Å². The van der Waals surface area contributed by atoms with E-state index in [4.69, 9.17) is 4.74 Å². The Morgan fingerprint density at radius 1 is 1.23 bits per heavy atom. The summed E-state index contributed by atoms with van der Waals surface area (Å²) in [6.07, 6.45) is -0.523. The molecule has 0 aliphatic carbocycles.